The van der Waals surface area contributed by atoms with Crippen molar-refractivity contribution in [1.29, 1.82) is 0 Å². The van der Waals surface area contributed by atoms with Gasteiger partial charge in [0.05, 0.1) is 23.9 Å². The van der Waals surface area contributed by atoms with E-state index in [1.807, 2.05) is 12.1 Å². The number of pyridine rings is 1. The van der Waals surface area contributed by atoms with Crippen molar-refractivity contribution in [1.82, 2.24) is 4.98 Å². The highest BCUT2D eigenvalue weighted by atomic mass is 19.3. The minimum absolute atomic E-state index is 0.0467. The van der Waals surface area contributed by atoms with Gasteiger partial charge in [0.2, 0.25) is 0 Å². The summed E-state index contributed by atoms with van der Waals surface area (Å²) in [7, 11) is 1.58. The van der Waals surface area contributed by atoms with Crippen molar-refractivity contribution in [2.75, 3.05) is 30.4 Å². The molecule has 0 bridgehead atoms. The smallest absolute Gasteiger partial charge is 0.266 e. The number of rotatable bonds is 6. The average Bonchev–Trinajstić information content (AvgIpc) is 2.77. The van der Waals surface area contributed by atoms with Crippen LogP contribution in [0.2, 0.25) is 0 Å². The quantitative estimate of drug-likeness (QED) is 0.591. The summed E-state index contributed by atoms with van der Waals surface area (Å²) in [6.07, 6.45) is -0.277. The lowest BCUT2D eigenvalue weighted by atomic mass is 10.1. The summed E-state index contributed by atoms with van der Waals surface area (Å²) in [6, 6.07) is 9.51. The number of carbonyl (C=O) groups is 1. The Kier molecular flexibility index (Phi) is 5.97. The summed E-state index contributed by atoms with van der Waals surface area (Å²) in [5.74, 6) is -0.000958. The van der Waals surface area contributed by atoms with Crippen molar-refractivity contribution in [2.24, 2.45) is 0 Å². The first kappa shape index (κ1) is 21.0. The summed E-state index contributed by atoms with van der Waals surface area (Å²) >= 11 is 0. The van der Waals surface area contributed by atoms with Gasteiger partial charge in [0.25, 0.3) is 6.43 Å². The van der Waals surface area contributed by atoms with Gasteiger partial charge in [0.1, 0.15) is 17.3 Å². The van der Waals surface area contributed by atoms with Crippen molar-refractivity contribution in [3.8, 4) is 5.75 Å². The van der Waals surface area contributed by atoms with Gasteiger partial charge < -0.3 is 15.0 Å². The van der Waals surface area contributed by atoms with E-state index in [4.69, 9.17) is 4.74 Å². The highest BCUT2D eigenvalue weighted by molar-refractivity contribution is 5.95. The molecular weight excluding hydrogens is 407 g/mol. The second-order valence-electron chi connectivity index (χ2n) is 7.40. The fourth-order valence-corrected chi connectivity index (χ4v) is 3.82. The molecule has 5 nitrogen and oxygen atoms in total. The molecule has 4 rings (SSSR count). The molecule has 0 unspecified atom stereocenters. The SMILES string of the molecule is COc1cc2nccc(NCc3cccc(C(F)F)c3F)c2cc1N1CCC(=O)CC1. The number of ketones is 1. The third kappa shape index (κ3) is 4.28. The summed E-state index contributed by atoms with van der Waals surface area (Å²) in [5.41, 5.74) is 1.78. The van der Waals surface area contributed by atoms with Gasteiger partial charge >= 0.3 is 0 Å². The molecule has 1 saturated heterocycles. The Balaban J connectivity index is 1.66. The van der Waals surface area contributed by atoms with Crippen LogP contribution in [0.5, 0.6) is 5.75 Å². The minimum atomic E-state index is -2.87. The van der Waals surface area contributed by atoms with E-state index < -0.39 is 17.8 Å². The topological polar surface area (TPSA) is 54.5 Å². The number of piperidine rings is 1. The van der Waals surface area contributed by atoms with Crippen LogP contribution in [0.1, 0.15) is 30.4 Å². The Morgan fingerprint density at radius 2 is 1.97 bits per heavy atom. The zero-order valence-electron chi connectivity index (χ0n) is 17.0. The van der Waals surface area contributed by atoms with Gasteiger partial charge in [0, 0.05) is 61.4 Å². The van der Waals surface area contributed by atoms with E-state index in [-0.39, 0.29) is 17.9 Å². The number of hydrogen-bond donors (Lipinski definition) is 1. The van der Waals surface area contributed by atoms with Crippen molar-refractivity contribution in [3.63, 3.8) is 0 Å². The van der Waals surface area contributed by atoms with Crippen molar-refractivity contribution in [3.05, 3.63) is 59.5 Å². The van der Waals surface area contributed by atoms with Crippen molar-refractivity contribution >= 4 is 28.1 Å². The van der Waals surface area contributed by atoms with Crippen molar-refractivity contribution in [2.45, 2.75) is 25.8 Å². The first-order valence-corrected chi connectivity index (χ1v) is 10.0. The highest BCUT2D eigenvalue weighted by Gasteiger charge is 2.21. The monoisotopic (exact) mass is 429 g/mol. The molecule has 3 aromatic rings. The molecule has 162 valence electrons. The van der Waals surface area contributed by atoms with Gasteiger partial charge in [-0.15, -0.1) is 0 Å². The van der Waals surface area contributed by atoms with Crippen LogP contribution in [0.3, 0.4) is 0 Å². The number of anilines is 2. The molecule has 1 aromatic heterocycles. The van der Waals surface area contributed by atoms with Gasteiger partial charge in [-0.3, -0.25) is 9.78 Å². The van der Waals surface area contributed by atoms with Gasteiger partial charge in [-0.1, -0.05) is 18.2 Å². The lowest BCUT2D eigenvalue weighted by Crippen LogP contribution is -2.33. The van der Waals surface area contributed by atoms with Crippen LogP contribution in [-0.2, 0) is 11.3 Å². The van der Waals surface area contributed by atoms with Crippen LogP contribution < -0.4 is 15.0 Å². The van der Waals surface area contributed by atoms with E-state index >= 15 is 0 Å². The predicted octanol–water partition coefficient (Wildman–Crippen LogP) is 5.10. The van der Waals surface area contributed by atoms with Crippen LogP contribution in [0, 0.1) is 5.82 Å². The molecule has 0 radical (unpaired) electrons. The Bertz CT molecular complexity index is 1110. The number of methoxy groups -OCH3 is 1. The molecule has 0 spiro atoms. The highest BCUT2D eigenvalue weighted by Crippen LogP contribution is 2.36. The van der Waals surface area contributed by atoms with Crippen LogP contribution in [0.4, 0.5) is 24.5 Å². The number of alkyl halides is 2. The number of nitrogens with zero attached hydrogens (tertiary/aromatic N) is 2. The fourth-order valence-electron chi connectivity index (χ4n) is 3.82. The lowest BCUT2D eigenvalue weighted by molar-refractivity contribution is -0.119. The average molecular weight is 429 g/mol. The summed E-state index contributed by atoms with van der Waals surface area (Å²) in [6.45, 7) is 1.26. The Morgan fingerprint density at radius 3 is 2.68 bits per heavy atom. The summed E-state index contributed by atoms with van der Waals surface area (Å²) in [4.78, 5) is 18.1. The van der Waals surface area contributed by atoms with Crippen LogP contribution >= 0.6 is 0 Å². The maximum absolute atomic E-state index is 14.4. The van der Waals surface area contributed by atoms with E-state index in [0.717, 1.165) is 17.1 Å². The number of aromatic nitrogens is 1. The number of benzene rings is 2. The largest absolute Gasteiger partial charge is 0.495 e. The van der Waals surface area contributed by atoms with Crippen LogP contribution in [0.15, 0.2) is 42.6 Å². The minimum Gasteiger partial charge on any atom is -0.495 e. The summed E-state index contributed by atoms with van der Waals surface area (Å²) in [5, 5.41) is 3.94. The number of Topliss-reactive ketones (excluding diaryl/α,β-unsaturated/α-hetero) is 1. The normalized spacial score (nSPS) is 14.4. The van der Waals surface area contributed by atoms with E-state index in [9.17, 15) is 18.0 Å². The molecule has 1 N–H and O–H groups in total. The second kappa shape index (κ2) is 8.83. The molecule has 1 fully saturated rings. The van der Waals surface area contributed by atoms with Gasteiger partial charge in [0.15, 0.2) is 0 Å². The molecule has 1 aliphatic rings. The molecule has 0 saturated carbocycles. The number of ether oxygens (including phenoxy) is 1. The number of halogens is 3. The van der Waals surface area contributed by atoms with Gasteiger partial charge in [-0.25, -0.2) is 13.2 Å². The van der Waals surface area contributed by atoms with Gasteiger partial charge in [-0.2, -0.15) is 0 Å². The number of nitrogens with one attached hydrogen (secondary N) is 1. The number of fused-ring (bicyclic) bond motifs is 1. The molecule has 0 aliphatic carbocycles. The maximum Gasteiger partial charge on any atom is 0.266 e. The molecule has 8 heteroatoms. The van der Waals surface area contributed by atoms with E-state index in [0.29, 0.717) is 42.9 Å². The molecule has 31 heavy (non-hydrogen) atoms. The van der Waals surface area contributed by atoms with Gasteiger partial charge in [-0.05, 0) is 12.1 Å². The Morgan fingerprint density at radius 1 is 1.19 bits per heavy atom. The zero-order chi connectivity index (χ0) is 22.0. The molecule has 0 amide bonds. The zero-order valence-corrected chi connectivity index (χ0v) is 17.0. The Hall–Kier alpha value is -3.29. The van der Waals surface area contributed by atoms with E-state index in [1.165, 1.54) is 12.1 Å². The van der Waals surface area contributed by atoms with E-state index in [1.54, 1.807) is 19.4 Å². The maximum atomic E-state index is 14.4. The fraction of sp³-hybridized carbons (Fsp3) is 0.304. The molecule has 2 heterocycles. The third-order valence-electron chi connectivity index (χ3n) is 5.52. The number of carbonyl (C=O) groups excluding carboxylic acids is 1. The molecule has 2 aromatic carbocycles. The molecular formula is C23H22F3N3O2. The third-order valence-corrected chi connectivity index (χ3v) is 5.52. The lowest BCUT2D eigenvalue weighted by Gasteiger charge is -2.29. The Labute approximate surface area is 177 Å². The number of hydrogen-bond acceptors (Lipinski definition) is 5. The molecule has 0 atom stereocenters. The van der Waals surface area contributed by atoms with Crippen molar-refractivity contribution < 1.29 is 22.7 Å². The van der Waals surface area contributed by atoms with Crippen LogP contribution in [-0.4, -0.2) is 31.0 Å². The standard InChI is InChI=1S/C23H22F3N3O2/c1-31-21-12-19-17(11-20(21)29-9-6-15(30)7-10-29)18(5-8-27-19)28-13-14-3-2-4-16(22(14)24)23(25)26/h2-5,8,11-12,23H,6-7,9-10,13H2,1H3,(H,27,28). The first-order valence-electron chi connectivity index (χ1n) is 10.0. The summed E-state index contributed by atoms with van der Waals surface area (Å²) < 4.78 is 45.9. The predicted molar refractivity (Wildman–Crippen MR) is 113 cm³/mol. The van der Waals surface area contributed by atoms with E-state index in [2.05, 4.69) is 15.2 Å². The first-order chi connectivity index (χ1) is 15.0. The second-order valence-corrected chi connectivity index (χ2v) is 7.40. The molecule has 1 aliphatic heterocycles. The van der Waals surface area contributed by atoms with Crippen LogP contribution in [0.25, 0.3) is 10.9 Å².